The van der Waals surface area contributed by atoms with Crippen molar-refractivity contribution in [2.75, 3.05) is 0 Å². The maximum absolute atomic E-state index is 13.6. The van der Waals surface area contributed by atoms with Gasteiger partial charge in [-0.15, -0.1) is 10.2 Å². The molecular weight excluding hydrogens is 266 g/mol. The molecule has 88 valence electrons. The smallest absolute Gasteiger partial charge is 0.179 e. The van der Waals surface area contributed by atoms with Crippen LogP contribution in [0.25, 0.3) is 0 Å². The van der Waals surface area contributed by atoms with Crippen molar-refractivity contribution in [3.63, 3.8) is 0 Å². The lowest BCUT2D eigenvalue weighted by Crippen LogP contribution is -2.12. The number of amidine groups is 1. The van der Waals surface area contributed by atoms with Crippen LogP contribution in [0, 0.1) is 17.0 Å². The van der Waals surface area contributed by atoms with Gasteiger partial charge in [-0.3, -0.25) is 5.41 Å². The van der Waals surface area contributed by atoms with Crippen LogP contribution in [0.2, 0.25) is 0 Å². The lowest BCUT2D eigenvalue weighted by molar-refractivity contribution is 0.540. The summed E-state index contributed by atoms with van der Waals surface area (Å²) in [7, 11) is 0. The summed E-state index contributed by atoms with van der Waals surface area (Å²) in [6.45, 7) is 0. The molecule has 1 aromatic carbocycles. The number of hydrogen-bond donors (Lipinski definition) is 2. The molecule has 0 atom stereocenters. The van der Waals surface area contributed by atoms with Gasteiger partial charge >= 0.3 is 0 Å². The van der Waals surface area contributed by atoms with Crippen LogP contribution in [0.5, 0.6) is 0 Å². The highest BCUT2D eigenvalue weighted by Crippen LogP contribution is 2.33. The van der Waals surface area contributed by atoms with Crippen LogP contribution < -0.4 is 5.73 Å². The van der Waals surface area contributed by atoms with Gasteiger partial charge in [0.1, 0.15) is 23.0 Å². The first-order chi connectivity index (χ1) is 8.08. The van der Waals surface area contributed by atoms with Gasteiger partial charge in [-0.1, -0.05) is 23.1 Å². The van der Waals surface area contributed by atoms with Crippen molar-refractivity contribution in [2.45, 2.75) is 9.24 Å². The first-order valence-electron chi connectivity index (χ1n) is 4.35. The van der Waals surface area contributed by atoms with E-state index in [2.05, 4.69) is 10.2 Å². The topological polar surface area (TPSA) is 75.7 Å². The summed E-state index contributed by atoms with van der Waals surface area (Å²) < 4.78 is 27.7. The largest absolute Gasteiger partial charge is 0.384 e. The Bertz CT molecular complexity index is 533. The first-order valence-corrected chi connectivity index (χ1v) is 6.05. The Balaban J connectivity index is 2.38. The average Bonchev–Trinajstić information content (AvgIpc) is 2.75. The van der Waals surface area contributed by atoms with Gasteiger partial charge in [0.2, 0.25) is 0 Å². The lowest BCUT2D eigenvalue weighted by Gasteiger charge is -2.05. The van der Waals surface area contributed by atoms with E-state index in [1.54, 1.807) is 0 Å². The molecule has 0 unspecified atom stereocenters. The predicted molar refractivity (Wildman–Crippen MR) is 61.4 cm³/mol. The van der Waals surface area contributed by atoms with Gasteiger partial charge in [-0.2, -0.15) is 0 Å². The molecule has 1 aromatic heterocycles. The maximum Gasteiger partial charge on any atom is 0.179 e. The van der Waals surface area contributed by atoms with Crippen molar-refractivity contribution in [3.8, 4) is 0 Å². The summed E-state index contributed by atoms with van der Waals surface area (Å²) in [5.41, 5.74) is 6.65. The van der Waals surface area contributed by atoms with Crippen molar-refractivity contribution in [1.82, 2.24) is 10.2 Å². The van der Waals surface area contributed by atoms with E-state index in [1.165, 1.54) is 16.8 Å². The fraction of sp³-hybridized carbons (Fsp3) is 0. The van der Waals surface area contributed by atoms with E-state index in [-0.39, 0.29) is 16.3 Å². The molecule has 0 radical (unpaired) electrons. The van der Waals surface area contributed by atoms with Crippen molar-refractivity contribution in [3.05, 3.63) is 34.8 Å². The maximum atomic E-state index is 13.6. The quantitative estimate of drug-likeness (QED) is 0.663. The van der Waals surface area contributed by atoms with Gasteiger partial charge in [0.05, 0.1) is 4.90 Å². The zero-order chi connectivity index (χ0) is 12.4. The number of nitrogens with one attached hydrogen (secondary N) is 1. The number of aromatic nitrogens is 2. The molecule has 1 heterocycles. The Hall–Kier alpha value is -1.54. The van der Waals surface area contributed by atoms with Crippen LogP contribution in [-0.4, -0.2) is 16.0 Å². The molecule has 3 N–H and O–H groups in total. The summed E-state index contributed by atoms with van der Waals surface area (Å²) in [5.74, 6) is -1.92. The second kappa shape index (κ2) is 4.76. The van der Waals surface area contributed by atoms with E-state index < -0.39 is 11.6 Å². The van der Waals surface area contributed by atoms with Gasteiger partial charge in [0.15, 0.2) is 4.34 Å². The van der Waals surface area contributed by atoms with E-state index in [0.717, 1.165) is 23.9 Å². The van der Waals surface area contributed by atoms with Crippen LogP contribution in [0.1, 0.15) is 5.56 Å². The molecule has 0 aliphatic carbocycles. The number of nitrogens with zero attached hydrogens (tertiary/aromatic N) is 2. The van der Waals surface area contributed by atoms with E-state index in [9.17, 15) is 8.78 Å². The minimum Gasteiger partial charge on any atom is -0.384 e. The third-order valence-corrected chi connectivity index (χ3v) is 3.71. The number of halogens is 2. The van der Waals surface area contributed by atoms with Gasteiger partial charge in [-0.05, 0) is 12.1 Å². The molecule has 0 bridgehead atoms. The highest BCUT2D eigenvalue weighted by atomic mass is 32.2. The van der Waals surface area contributed by atoms with E-state index in [0.29, 0.717) is 4.34 Å². The molecule has 0 spiro atoms. The standard InChI is InChI=1S/C9H6F2N4S2/c10-5-1-4(8(12)13)2-6(11)7(5)17-9-15-14-3-16-9/h1-3H,(H3,12,13). The Morgan fingerprint density at radius 2 is 2.00 bits per heavy atom. The summed E-state index contributed by atoms with van der Waals surface area (Å²) in [5, 5.41) is 14.4. The van der Waals surface area contributed by atoms with Crippen molar-refractivity contribution in [2.24, 2.45) is 5.73 Å². The van der Waals surface area contributed by atoms with Gasteiger partial charge in [-0.25, -0.2) is 8.78 Å². The summed E-state index contributed by atoms with van der Waals surface area (Å²) >= 11 is 2.04. The number of hydrogen-bond acceptors (Lipinski definition) is 5. The first kappa shape index (κ1) is 11.9. The van der Waals surface area contributed by atoms with E-state index in [4.69, 9.17) is 11.1 Å². The fourth-order valence-corrected chi connectivity index (χ4v) is 2.53. The van der Waals surface area contributed by atoms with Crippen LogP contribution >= 0.6 is 23.1 Å². The minimum atomic E-state index is -0.768. The Labute approximate surface area is 103 Å². The SMILES string of the molecule is N=C(N)c1cc(F)c(Sc2nncs2)c(F)c1. The van der Waals surface area contributed by atoms with Crippen LogP contribution in [0.15, 0.2) is 26.9 Å². The normalized spacial score (nSPS) is 10.5. The zero-order valence-corrected chi connectivity index (χ0v) is 9.91. The molecule has 8 heteroatoms. The molecule has 2 aromatic rings. The number of nitrogens with two attached hydrogens (primary N) is 1. The zero-order valence-electron chi connectivity index (χ0n) is 8.28. The highest BCUT2D eigenvalue weighted by molar-refractivity contribution is 8.01. The Morgan fingerprint density at radius 3 is 2.47 bits per heavy atom. The van der Waals surface area contributed by atoms with Crippen LogP contribution in [-0.2, 0) is 0 Å². The second-order valence-electron chi connectivity index (χ2n) is 2.99. The third kappa shape index (κ3) is 2.59. The summed E-state index contributed by atoms with van der Waals surface area (Å²) in [6, 6.07) is 2.05. The number of nitrogen functional groups attached to an aromatic ring is 1. The number of rotatable bonds is 3. The molecule has 4 nitrogen and oxygen atoms in total. The fourth-order valence-electron chi connectivity index (χ4n) is 1.11. The van der Waals surface area contributed by atoms with E-state index in [1.807, 2.05) is 0 Å². The molecule has 0 saturated carbocycles. The molecule has 0 aliphatic rings. The number of benzene rings is 1. The molecule has 17 heavy (non-hydrogen) atoms. The van der Waals surface area contributed by atoms with Crippen LogP contribution in [0.3, 0.4) is 0 Å². The summed E-state index contributed by atoms with van der Waals surface area (Å²) in [6.07, 6.45) is 0. The monoisotopic (exact) mass is 272 g/mol. The summed E-state index contributed by atoms with van der Waals surface area (Å²) in [4.78, 5) is -0.174. The van der Waals surface area contributed by atoms with Crippen LogP contribution in [0.4, 0.5) is 8.78 Å². The Morgan fingerprint density at radius 1 is 1.35 bits per heavy atom. The second-order valence-corrected chi connectivity index (χ2v) is 5.08. The molecular formula is C9H6F2N4S2. The highest BCUT2D eigenvalue weighted by Gasteiger charge is 2.15. The lowest BCUT2D eigenvalue weighted by atomic mass is 10.2. The minimum absolute atomic E-state index is 0.0154. The Kier molecular flexibility index (Phi) is 3.34. The van der Waals surface area contributed by atoms with Crippen molar-refractivity contribution in [1.29, 1.82) is 5.41 Å². The average molecular weight is 272 g/mol. The van der Waals surface area contributed by atoms with E-state index >= 15 is 0 Å². The molecule has 0 amide bonds. The molecule has 0 fully saturated rings. The molecule has 0 saturated heterocycles. The van der Waals surface area contributed by atoms with Gasteiger partial charge < -0.3 is 5.73 Å². The predicted octanol–water partition coefficient (Wildman–Crippen LogP) is 2.25. The molecule has 0 aliphatic heterocycles. The van der Waals surface area contributed by atoms with Crippen molar-refractivity contribution < 1.29 is 8.78 Å². The van der Waals surface area contributed by atoms with Gasteiger partial charge in [0.25, 0.3) is 0 Å². The van der Waals surface area contributed by atoms with Crippen molar-refractivity contribution >= 4 is 28.9 Å². The third-order valence-electron chi connectivity index (χ3n) is 1.84. The van der Waals surface area contributed by atoms with Gasteiger partial charge in [0, 0.05) is 5.56 Å². The molecule has 2 rings (SSSR count).